The second-order valence-corrected chi connectivity index (χ2v) is 8.65. The molecule has 1 aliphatic rings. The Morgan fingerprint density at radius 1 is 0.919 bits per heavy atom. The quantitative estimate of drug-likeness (QED) is 0.170. The van der Waals surface area contributed by atoms with Crippen molar-refractivity contribution < 1.29 is 28.9 Å². The molecule has 0 spiro atoms. The molecular formula is C30H31NO6. The first kappa shape index (κ1) is 26.0. The fourth-order valence-corrected chi connectivity index (χ4v) is 4.41. The first-order valence-corrected chi connectivity index (χ1v) is 12.3. The fourth-order valence-electron chi connectivity index (χ4n) is 4.41. The highest BCUT2D eigenvalue weighted by atomic mass is 16.5. The lowest BCUT2D eigenvalue weighted by atomic mass is 9.95. The minimum Gasteiger partial charge on any atom is -0.507 e. The molecule has 1 N–H and O–H groups in total. The van der Waals surface area contributed by atoms with Crippen LogP contribution in [0.3, 0.4) is 0 Å². The molecule has 7 nitrogen and oxygen atoms in total. The number of Topliss-reactive ketones (excluding diaryl/α,β-unsaturated/α-hetero) is 1. The minimum atomic E-state index is -0.770. The average Bonchev–Trinajstić information content (AvgIpc) is 3.18. The van der Waals surface area contributed by atoms with Gasteiger partial charge in [0.2, 0.25) is 0 Å². The average molecular weight is 502 g/mol. The number of rotatable bonds is 11. The van der Waals surface area contributed by atoms with Crippen LogP contribution in [-0.2, 0) is 20.9 Å². The van der Waals surface area contributed by atoms with Crippen molar-refractivity contribution in [2.45, 2.75) is 26.0 Å². The van der Waals surface area contributed by atoms with Crippen LogP contribution < -0.4 is 9.47 Å². The molecule has 0 aliphatic carbocycles. The molecule has 1 unspecified atom stereocenters. The fraction of sp³-hybridized carbons (Fsp3) is 0.267. The van der Waals surface area contributed by atoms with Crippen LogP contribution in [0, 0.1) is 0 Å². The third kappa shape index (κ3) is 6.01. The third-order valence-corrected chi connectivity index (χ3v) is 6.13. The molecule has 0 radical (unpaired) electrons. The third-order valence-electron chi connectivity index (χ3n) is 6.13. The number of carbonyl (C=O) groups excluding carboxylic acids is 2. The summed E-state index contributed by atoms with van der Waals surface area (Å²) in [6.07, 6.45) is 0.546. The molecule has 1 atom stereocenters. The molecule has 1 heterocycles. The van der Waals surface area contributed by atoms with Gasteiger partial charge in [-0.3, -0.25) is 9.59 Å². The van der Waals surface area contributed by atoms with Gasteiger partial charge in [-0.15, -0.1) is 0 Å². The van der Waals surface area contributed by atoms with Gasteiger partial charge in [0, 0.05) is 25.8 Å². The van der Waals surface area contributed by atoms with E-state index >= 15 is 0 Å². The summed E-state index contributed by atoms with van der Waals surface area (Å²) in [5.74, 6) is -0.456. The Hall–Kier alpha value is -4.10. The molecular weight excluding hydrogens is 470 g/mol. The Morgan fingerprint density at radius 3 is 2.38 bits per heavy atom. The van der Waals surface area contributed by atoms with Gasteiger partial charge in [-0.05, 0) is 48.7 Å². The topological polar surface area (TPSA) is 85.3 Å². The van der Waals surface area contributed by atoms with Gasteiger partial charge in [-0.25, -0.2) is 0 Å². The van der Waals surface area contributed by atoms with E-state index < -0.39 is 17.7 Å². The highest BCUT2D eigenvalue weighted by Gasteiger charge is 2.45. The number of amides is 1. The molecule has 7 heteroatoms. The summed E-state index contributed by atoms with van der Waals surface area (Å²) in [4.78, 5) is 27.9. The van der Waals surface area contributed by atoms with E-state index in [1.165, 1.54) is 4.90 Å². The zero-order valence-electron chi connectivity index (χ0n) is 21.1. The summed E-state index contributed by atoms with van der Waals surface area (Å²) >= 11 is 0. The van der Waals surface area contributed by atoms with E-state index in [0.29, 0.717) is 55.4 Å². The maximum absolute atomic E-state index is 13.3. The lowest BCUT2D eigenvalue weighted by molar-refractivity contribution is -0.140. The molecule has 0 aromatic heterocycles. The van der Waals surface area contributed by atoms with Crippen molar-refractivity contribution in [3.8, 4) is 11.5 Å². The number of carbonyl (C=O) groups is 2. The monoisotopic (exact) mass is 501 g/mol. The van der Waals surface area contributed by atoms with E-state index in [0.717, 1.165) is 5.56 Å². The molecule has 3 aromatic carbocycles. The second-order valence-electron chi connectivity index (χ2n) is 8.65. The Bertz CT molecular complexity index is 1270. The number of hydrogen-bond acceptors (Lipinski definition) is 6. The number of hydrogen-bond donors (Lipinski definition) is 1. The van der Waals surface area contributed by atoms with Crippen molar-refractivity contribution in [1.82, 2.24) is 4.90 Å². The molecule has 4 rings (SSSR count). The Kier molecular flexibility index (Phi) is 8.59. The van der Waals surface area contributed by atoms with E-state index in [9.17, 15) is 14.7 Å². The number of methoxy groups -OCH3 is 1. The van der Waals surface area contributed by atoms with Crippen LogP contribution in [0.4, 0.5) is 0 Å². The van der Waals surface area contributed by atoms with E-state index in [4.69, 9.17) is 14.2 Å². The van der Waals surface area contributed by atoms with Crippen molar-refractivity contribution in [1.29, 1.82) is 0 Å². The Morgan fingerprint density at radius 2 is 1.65 bits per heavy atom. The SMILES string of the molecule is CCOc1cccc(/C(O)=C2/C(=O)C(=O)N(CCCOC)C2c2cccc(OCc3ccccc3)c2)c1. The van der Waals surface area contributed by atoms with Gasteiger partial charge in [-0.2, -0.15) is 0 Å². The van der Waals surface area contributed by atoms with Crippen LogP contribution >= 0.6 is 0 Å². The van der Waals surface area contributed by atoms with Crippen LogP contribution in [0.25, 0.3) is 5.76 Å². The normalized spacial score (nSPS) is 16.7. The van der Waals surface area contributed by atoms with Gasteiger partial charge in [0.15, 0.2) is 0 Å². The van der Waals surface area contributed by atoms with Crippen LogP contribution in [0.2, 0.25) is 0 Å². The predicted molar refractivity (Wildman–Crippen MR) is 140 cm³/mol. The largest absolute Gasteiger partial charge is 0.507 e. The smallest absolute Gasteiger partial charge is 0.295 e. The molecule has 1 aliphatic heterocycles. The summed E-state index contributed by atoms with van der Waals surface area (Å²) in [6, 6.07) is 23.2. The predicted octanol–water partition coefficient (Wildman–Crippen LogP) is 5.12. The summed E-state index contributed by atoms with van der Waals surface area (Å²) in [5, 5.41) is 11.3. The van der Waals surface area contributed by atoms with Gasteiger partial charge in [-0.1, -0.05) is 54.6 Å². The van der Waals surface area contributed by atoms with Gasteiger partial charge >= 0.3 is 0 Å². The van der Waals surface area contributed by atoms with Crippen molar-refractivity contribution in [3.63, 3.8) is 0 Å². The van der Waals surface area contributed by atoms with Crippen molar-refractivity contribution in [3.05, 3.63) is 101 Å². The van der Waals surface area contributed by atoms with Crippen molar-refractivity contribution in [2.24, 2.45) is 0 Å². The van der Waals surface area contributed by atoms with Crippen LogP contribution in [-0.4, -0.2) is 48.6 Å². The first-order chi connectivity index (χ1) is 18.0. The van der Waals surface area contributed by atoms with E-state index in [1.54, 1.807) is 31.4 Å². The number of ketones is 1. The van der Waals surface area contributed by atoms with Crippen molar-refractivity contribution in [2.75, 3.05) is 26.9 Å². The molecule has 192 valence electrons. The Labute approximate surface area is 216 Å². The molecule has 37 heavy (non-hydrogen) atoms. The highest BCUT2D eigenvalue weighted by Crippen LogP contribution is 2.40. The first-order valence-electron chi connectivity index (χ1n) is 12.3. The molecule has 3 aromatic rings. The lowest BCUT2D eigenvalue weighted by Gasteiger charge is -2.25. The number of likely N-dealkylation sites (tertiary alicyclic amines) is 1. The summed E-state index contributed by atoms with van der Waals surface area (Å²) in [7, 11) is 1.59. The van der Waals surface area contributed by atoms with E-state index in [-0.39, 0.29) is 11.3 Å². The molecule has 1 fully saturated rings. The number of benzene rings is 3. The van der Waals surface area contributed by atoms with Gasteiger partial charge in [0.25, 0.3) is 11.7 Å². The number of ether oxygens (including phenoxy) is 3. The maximum atomic E-state index is 13.3. The van der Waals surface area contributed by atoms with Crippen LogP contribution in [0.1, 0.15) is 36.1 Å². The van der Waals surface area contributed by atoms with Crippen LogP contribution in [0.5, 0.6) is 11.5 Å². The standard InChI is InChI=1S/C30H31NO6/c1-3-36-24-14-8-13-23(19-24)28(32)26-27(31(16-9-17-35-2)30(34)29(26)33)22-12-7-15-25(18-22)37-20-21-10-5-4-6-11-21/h4-8,10-15,18-19,27,32H,3,9,16-17,20H2,1-2H3/b28-26-. The number of aliphatic hydroxyl groups excluding tert-OH is 1. The van der Waals surface area contributed by atoms with Crippen LogP contribution in [0.15, 0.2) is 84.4 Å². The Balaban J connectivity index is 1.73. The highest BCUT2D eigenvalue weighted by molar-refractivity contribution is 6.46. The summed E-state index contributed by atoms with van der Waals surface area (Å²) < 4.78 is 16.7. The van der Waals surface area contributed by atoms with Gasteiger partial charge in [0.1, 0.15) is 23.9 Å². The van der Waals surface area contributed by atoms with Gasteiger partial charge in [0.05, 0.1) is 18.2 Å². The van der Waals surface area contributed by atoms with E-state index in [1.807, 2.05) is 61.5 Å². The maximum Gasteiger partial charge on any atom is 0.295 e. The summed E-state index contributed by atoms with van der Waals surface area (Å²) in [6.45, 7) is 3.44. The molecule has 1 amide bonds. The number of nitrogens with zero attached hydrogens (tertiary/aromatic N) is 1. The second kappa shape index (κ2) is 12.2. The molecule has 0 saturated carbocycles. The summed E-state index contributed by atoms with van der Waals surface area (Å²) in [5.41, 5.74) is 2.14. The molecule has 0 bridgehead atoms. The van der Waals surface area contributed by atoms with Gasteiger partial charge < -0.3 is 24.2 Å². The zero-order chi connectivity index (χ0) is 26.2. The van der Waals surface area contributed by atoms with E-state index in [2.05, 4.69) is 0 Å². The molecule has 1 saturated heterocycles. The zero-order valence-corrected chi connectivity index (χ0v) is 21.1. The minimum absolute atomic E-state index is 0.0382. The lowest BCUT2D eigenvalue weighted by Crippen LogP contribution is -2.31. The number of aliphatic hydroxyl groups is 1. The van der Waals surface area contributed by atoms with Crippen molar-refractivity contribution >= 4 is 17.4 Å².